The lowest BCUT2D eigenvalue weighted by atomic mass is 9.76. The first-order valence-electron chi connectivity index (χ1n) is 9.29. The fourth-order valence-electron chi connectivity index (χ4n) is 4.31. The fraction of sp³-hybridized carbons (Fsp3) is 0.348. The molecule has 3 aromatic rings. The molecular weight excluding hydrogens is 338 g/mol. The predicted molar refractivity (Wildman–Crippen MR) is 109 cm³/mol. The molecule has 0 amide bonds. The van der Waals surface area contributed by atoms with Gasteiger partial charge in [0.05, 0.1) is 10.9 Å². The van der Waals surface area contributed by atoms with E-state index in [0.29, 0.717) is 23.3 Å². The normalized spacial score (nSPS) is 20.8. The van der Waals surface area contributed by atoms with Gasteiger partial charge in [-0.2, -0.15) is 0 Å². The molecule has 1 aliphatic heterocycles. The van der Waals surface area contributed by atoms with Gasteiger partial charge in [-0.3, -0.25) is 0 Å². The van der Waals surface area contributed by atoms with Crippen LogP contribution in [0.4, 0.5) is 5.69 Å². The SMILES string of the molecule is Cc1ccc(NC2(C)CC(C)(C)c3c(c4ccccc4oc3=O)O2)c(C)c1. The summed E-state index contributed by atoms with van der Waals surface area (Å²) in [5.74, 6) is 0.623. The van der Waals surface area contributed by atoms with Gasteiger partial charge in [0.25, 0.3) is 0 Å². The molecule has 4 heteroatoms. The van der Waals surface area contributed by atoms with Crippen LogP contribution in [-0.4, -0.2) is 5.72 Å². The molecule has 1 aliphatic rings. The first-order valence-corrected chi connectivity index (χ1v) is 9.29. The van der Waals surface area contributed by atoms with E-state index >= 15 is 0 Å². The van der Waals surface area contributed by atoms with E-state index in [1.165, 1.54) is 11.1 Å². The average Bonchev–Trinajstić information content (AvgIpc) is 2.56. The molecule has 0 radical (unpaired) electrons. The summed E-state index contributed by atoms with van der Waals surface area (Å²) in [4.78, 5) is 12.7. The van der Waals surface area contributed by atoms with E-state index in [2.05, 4.69) is 51.2 Å². The number of fused-ring (bicyclic) bond motifs is 3. The van der Waals surface area contributed by atoms with Crippen LogP contribution in [0.1, 0.15) is 43.9 Å². The Morgan fingerprint density at radius 2 is 1.78 bits per heavy atom. The molecular formula is C23H25NO3. The van der Waals surface area contributed by atoms with Crippen molar-refractivity contribution in [3.63, 3.8) is 0 Å². The Kier molecular flexibility index (Phi) is 3.84. The van der Waals surface area contributed by atoms with Crippen LogP contribution in [0.15, 0.2) is 51.7 Å². The molecule has 0 saturated heterocycles. The van der Waals surface area contributed by atoms with Gasteiger partial charge >= 0.3 is 5.63 Å². The number of ether oxygens (including phenoxy) is 1. The molecule has 0 spiro atoms. The van der Waals surface area contributed by atoms with E-state index in [1.807, 2.05) is 25.1 Å². The lowest BCUT2D eigenvalue weighted by Gasteiger charge is -2.44. The minimum atomic E-state index is -0.646. The number of benzene rings is 2. The Balaban J connectivity index is 1.85. The standard InChI is InChI=1S/C23H25NO3/c1-14-10-11-17(15(2)12-14)24-23(5)13-22(3,4)19-20(27-23)16-8-6-7-9-18(16)26-21(19)25/h6-12,24H,13H2,1-5H3. The number of aryl methyl sites for hydroxylation is 2. The van der Waals surface area contributed by atoms with Crippen LogP contribution < -0.4 is 15.7 Å². The molecule has 1 unspecified atom stereocenters. The summed E-state index contributed by atoms with van der Waals surface area (Å²) in [5, 5.41) is 4.41. The van der Waals surface area contributed by atoms with Gasteiger partial charge in [0, 0.05) is 17.5 Å². The highest BCUT2D eigenvalue weighted by molar-refractivity contribution is 5.85. The Hall–Kier alpha value is -2.75. The van der Waals surface area contributed by atoms with Crippen LogP contribution in [0.25, 0.3) is 11.0 Å². The van der Waals surface area contributed by atoms with E-state index in [1.54, 1.807) is 6.07 Å². The molecule has 0 aliphatic carbocycles. The van der Waals surface area contributed by atoms with Crippen LogP contribution >= 0.6 is 0 Å². The van der Waals surface area contributed by atoms with Crippen LogP contribution in [0, 0.1) is 13.8 Å². The third-order valence-corrected chi connectivity index (χ3v) is 5.33. The van der Waals surface area contributed by atoms with Gasteiger partial charge in [0.15, 0.2) is 5.72 Å². The van der Waals surface area contributed by atoms with Crippen LogP contribution in [0.5, 0.6) is 5.75 Å². The van der Waals surface area contributed by atoms with Crippen LogP contribution in [0.3, 0.4) is 0 Å². The second-order valence-corrected chi connectivity index (χ2v) is 8.43. The number of anilines is 1. The maximum Gasteiger partial charge on any atom is 0.343 e. The molecule has 4 rings (SSSR count). The van der Waals surface area contributed by atoms with Crippen molar-refractivity contribution < 1.29 is 9.15 Å². The van der Waals surface area contributed by atoms with E-state index in [0.717, 1.165) is 11.1 Å². The number of nitrogens with one attached hydrogen (secondary N) is 1. The summed E-state index contributed by atoms with van der Waals surface area (Å²) in [6.45, 7) is 10.4. The van der Waals surface area contributed by atoms with Crippen molar-refractivity contribution in [3.05, 3.63) is 69.6 Å². The van der Waals surface area contributed by atoms with E-state index in [9.17, 15) is 4.79 Å². The Morgan fingerprint density at radius 3 is 2.52 bits per heavy atom. The molecule has 1 atom stereocenters. The van der Waals surface area contributed by atoms with Crippen molar-refractivity contribution >= 4 is 16.7 Å². The minimum absolute atomic E-state index is 0.317. The van der Waals surface area contributed by atoms with Gasteiger partial charge < -0.3 is 14.5 Å². The van der Waals surface area contributed by atoms with Crippen molar-refractivity contribution in [1.29, 1.82) is 0 Å². The second-order valence-electron chi connectivity index (χ2n) is 8.43. The Labute approximate surface area is 159 Å². The quantitative estimate of drug-likeness (QED) is 0.628. The maximum absolute atomic E-state index is 12.7. The van der Waals surface area contributed by atoms with Crippen molar-refractivity contribution in [3.8, 4) is 5.75 Å². The highest BCUT2D eigenvalue weighted by atomic mass is 16.5. The van der Waals surface area contributed by atoms with Gasteiger partial charge in [0.2, 0.25) is 0 Å². The highest BCUT2D eigenvalue weighted by Gasteiger charge is 2.45. The fourth-order valence-corrected chi connectivity index (χ4v) is 4.31. The number of hydrogen-bond donors (Lipinski definition) is 1. The number of hydrogen-bond acceptors (Lipinski definition) is 4. The van der Waals surface area contributed by atoms with Gasteiger partial charge in [-0.25, -0.2) is 4.79 Å². The lowest BCUT2D eigenvalue weighted by Crippen LogP contribution is -2.51. The molecule has 0 saturated carbocycles. The van der Waals surface area contributed by atoms with Crippen molar-refractivity contribution in [2.75, 3.05) is 5.32 Å². The first-order chi connectivity index (χ1) is 12.7. The van der Waals surface area contributed by atoms with Crippen molar-refractivity contribution in [2.45, 2.75) is 52.2 Å². The summed E-state index contributed by atoms with van der Waals surface area (Å²) in [5.41, 5.74) is 3.24. The molecule has 4 nitrogen and oxygen atoms in total. The number of para-hydroxylation sites is 1. The largest absolute Gasteiger partial charge is 0.467 e. The van der Waals surface area contributed by atoms with Gasteiger partial charge in [-0.15, -0.1) is 0 Å². The van der Waals surface area contributed by atoms with E-state index in [4.69, 9.17) is 9.15 Å². The molecule has 1 aromatic heterocycles. The van der Waals surface area contributed by atoms with E-state index < -0.39 is 11.1 Å². The minimum Gasteiger partial charge on any atom is -0.467 e. The smallest absolute Gasteiger partial charge is 0.343 e. The van der Waals surface area contributed by atoms with Gasteiger partial charge in [0.1, 0.15) is 11.3 Å². The topological polar surface area (TPSA) is 51.5 Å². The summed E-state index contributed by atoms with van der Waals surface area (Å²) in [7, 11) is 0. The molecule has 1 N–H and O–H groups in total. The predicted octanol–water partition coefficient (Wildman–Crippen LogP) is 5.30. The molecule has 140 valence electrons. The zero-order valence-corrected chi connectivity index (χ0v) is 16.5. The van der Waals surface area contributed by atoms with Crippen LogP contribution in [0.2, 0.25) is 0 Å². The zero-order chi connectivity index (χ0) is 19.4. The van der Waals surface area contributed by atoms with Crippen molar-refractivity contribution in [1.82, 2.24) is 0 Å². The summed E-state index contributed by atoms with van der Waals surface area (Å²) in [6, 6.07) is 13.9. The zero-order valence-electron chi connectivity index (χ0n) is 16.5. The summed E-state index contributed by atoms with van der Waals surface area (Å²) in [6.07, 6.45) is 0.642. The van der Waals surface area contributed by atoms with Crippen molar-refractivity contribution in [2.24, 2.45) is 0 Å². The Bertz CT molecular complexity index is 1100. The van der Waals surface area contributed by atoms with Crippen LogP contribution in [-0.2, 0) is 5.41 Å². The molecule has 0 bridgehead atoms. The average molecular weight is 363 g/mol. The molecule has 27 heavy (non-hydrogen) atoms. The van der Waals surface area contributed by atoms with E-state index in [-0.39, 0.29) is 5.63 Å². The first kappa shape index (κ1) is 17.7. The number of rotatable bonds is 2. The molecule has 2 heterocycles. The molecule has 2 aromatic carbocycles. The maximum atomic E-state index is 12.7. The lowest BCUT2D eigenvalue weighted by molar-refractivity contribution is 0.0615. The third kappa shape index (κ3) is 2.99. The summed E-state index contributed by atoms with van der Waals surface area (Å²) < 4.78 is 12.0. The van der Waals surface area contributed by atoms with Gasteiger partial charge in [-0.05, 0) is 44.5 Å². The third-order valence-electron chi connectivity index (χ3n) is 5.33. The second kappa shape index (κ2) is 5.88. The summed E-state index contributed by atoms with van der Waals surface area (Å²) >= 11 is 0. The molecule has 0 fully saturated rings. The highest BCUT2D eigenvalue weighted by Crippen LogP contribution is 2.46. The Morgan fingerprint density at radius 1 is 1.04 bits per heavy atom. The monoisotopic (exact) mass is 363 g/mol. The van der Waals surface area contributed by atoms with Gasteiger partial charge in [-0.1, -0.05) is 43.7 Å².